The third kappa shape index (κ3) is 8.36. The maximum atomic E-state index is 12.2. The highest BCUT2D eigenvalue weighted by Gasteiger charge is 2.17. The van der Waals surface area contributed by atoms with Crippen molar-refractivity contribution in [1.29, 1.82) is 0 Å². The van der Waals surface area contributed by atoms with Gasteiger partial charge in [0.05, 0.1) is 30.3 Å². The van der Waals surface area contributed by atoms with Gasteiger partial charge in [0, 0.05) is 12.3 Å². The Hall–Kier alpha value is -2.95. The van der Waals surface area contributed by atoms with Crippen LogP contribution in [0.3, 0.4) is 0 Å². The van der Waals surface area contributed by atoms with Crippen molar-refractivity contribution in [2.24, 2.45) is 0 Å². The van der Waals surface area contributed by atoms with E-state index in [1.807, 2.05) is 11.6 Å². The lowest BCUT2D eigenvalue weighted by molar-refractivity contribution is 0.0179. The van der Waals surface area contributed by atoms with Gasteiger partial charge in [0.1, 0.15) is 6.61 Å². The van der Waals surface area contributed by atoms with E-state index in [1.165, 1.54) is 36.4 Å². The third-order valence-electron chi connectivity index (χ3n) is 3.91. The molecule has 0 saturated heterocycles. The summed E-state index contributed by atoms with van der Waals surface area (Å²) in [5.41, 5.74) is 1.48. The number of carbonyl (C=O) groups is 2. The lowest BCUT2D eigenvalue weighted by Gasteiger charge is -2.10. The highest BCUT2D eigenvalue weighted by molar-refractivity contribution is 7.90. The lowest BCUT2D eigenvalue weighted by Crippen LogP contribution is -2.34. The number of ether oxygens (including phenoxy) is 3. The summed E-state index contributed by atoms with van der Waals surface area (Å²) in [6.45, 7) is 6.85. The molecular weight excluding hydrogens is 424 g/mol. The molecule has 0 aliphatic rings. The molecule has 0 aromatic heterocycles. The summed E-state index contributed by atoms with van der Waals surface area (Å²) in [7, 11) is -4.00. The quantitative estimate of drug-likeness (QED) is 0.399. The Balaban J connectivity index is 1.80. The van der Waals surface area contributed by atoms with Gasteiger partial charge in [-0.2, -0.15) is 0 Å². The number of sulfonamides is 1. The van der Waals surface area contributed by atoms with Gasteiger partial charge in [0.15, 0.2) is 0 Å². The van der Waals surface area contributed by atoms with Crippen LogP contribution in [-0.2, 0) is 24.2 Å². The molecule has 0 bridgehead atoms. The first kappa shape index (κ1) is 24.3. The zero-order valence-electron chi connectivity index (χ0n) is 17.1. The predicted molar refractivity (Wildman–Crippen MR) is 114 cm³/mol. The largest absolute Gasteiger partial charge is 0.460 e. The van der Waals surface area contributed by atoms with E-state index in [1.54, 1.807) is 12.1 Å². The minimum Gasteiger partial charge on any atom is -0.460 e. The van der Waals surface area contributed by atoms with Crippen LogP contribution in [-0.4, -0.2) is 53.5 Å². The number of nitrogens with one attached hydrogen (secondary N) is 2. The zero-order valence-corrected chi connectivity index (χ0v) is 17.9. The van der Waals surface area contributed by atoms with Crippen LogP contribution in [0.15, 0.2) is 53.4 Å². The Bertz CT molecular complexity index is 958. The molecule has 2 rings (SSSR count). The van der Waals surface area contributed by atoms with Crippen LogP contribution in [0.2, 0.25) is 0 Å². The van der Waals surface area contributed by atoms with Crippen LogP contribution >= 0.6 is 0 Å². The highest BCUT2D eigenvalue weighted by atomic mass is 32.2. The van der Waals surface area contributed by atoms with Gasteiger partial charge < -0.3 is 19.5 Å². The van der Waals surface area contributed by atoms with Crippen LogP contribution in [0.5, 0.6) is 0 Å². The van der Waals surface area contributed by atoms with Gasteiger partial charge in [-0.15, -0.1) is 0 Å². The van der Waals surface area contributed by atoms with Crippen molar-refractivity contribution in [3.63, 3.8) is 0 Å². The van der Waals surface area contributed by atoms with Gasteiger partial charge in [-0.3, -0.25) is 0 Å². The van der Waals surface area contributed by atoms with Crippen molar-refractivity contribution >= 4 is 27.7 Å². The van der Waals surface area contributed by atoms with Crippen molar-refractivity contribution in [3.8, 4) is 0 Å². The normalized spacial score (nSPS) is 11.0. The molecule has 0 spiro atoms. The molecule has 2 aromatic carbocycles. The summed E-state index contributed by atoms with van der Waals surface area (Å²) in [4.78, 5) is 24.0. The molecule has 31 heavy (non-hydrogen) atoms. The Kier molecular flexibility index (Phi) is 9.44. The maximum absolute atomic E-state index is 12.2. The predicted octanol–water partition coefficient (Wildman–Crippen LogP) is 2.53. The van der Waals surface area contributed by atoms with E-state index in [0.717, 1.165) is 5.56 Å². The van der Waals surface area contributed by atoms with Crippen molar-refractivity contribution in [2.45, 2.75) is 11.8 Å². The average molecular weight is 450 g/mol. The van der Waals surface area contributed by atoms with E-state index in [4.69, 9.17) is 14.2 Å². The lowest BCUT2D eigenvalue weighted by atomic mass is 10.2. The summed E-state index contributed by atoms with van der Waals surface area (Å²) in [6.07, 6.45) is 0. The zero-order chi connectivity index (χ0) is 22.7. The number of aryl methyl sites for hydroxylation is 1. The number of hydrogen-bond donors (Lipinski definition) is 2. The monoisotopic (exact) mass is 449 g/mol. The summed E-state index contributed by atoms with van der Waals surface area (Å²) in [5, 5.41) is 2.40. The number of anilines is 1. The Morgan fingerprint density at radius 2 is 1.52 bits per heavy atom. The standard InChI is InChI=1S/C21H25N2O7S/c1-3-28-12-13-29-14-15-30-20(24)17-6-8-18(9-7-17)22-21(25)23-31(26,27)19-10-4-16(2)5-11-19/h4-11H,1,3,12-15H2,2H3,(H2,22,23,25). The van der Waals surface area contributed by atoms with E-state index < -0.39 is 22.0 Å². The molecule has 0 aliphatic heterocycles. The molecule has 10 heteroatoms. The van der Waals surface area contributed by atoms with E-state index in [2.05, 4.69) is 12.2 Å². The number of hydrogen-bond acceptors (Lipinski definition) is 7. The molecule has 0 unspecified atom stereocenters. The number of urea groups is 1. The Morgan fingerprint density at radius 3 is 2.16 bits per heavy atom. The van der Waals surface area contributed by atoms with E-state index in [0.29, 0.717) is 25.5 Å². The average Bonchev–Trinajstić information content (AvgIpc) is 2.73. The first-order valence-electron chi connectivity index (χ1n) is 9.44. The number of benzene rings is 2. The first-order valence-corrected chi connectivity index (χ1v) is 10.9. The molecule has 0 heterocycles. The molecule has 1 radical (unpaired) electrons. The molecule has 9 nitrogen and oxygen atoms in total. The minimum atomic E-state index is -4.00. The molecule has 0 aliphatic carbocycles. The maximum Gasteiger partial charge on any atom is 0.338 e. The summed E-state index contributed by atoms with van der Waals surface area (Å²) in [5.74, 6) is -0.546. The molecule has 0 saturated carbocycles. The second kappa shape index (κ2) is 12.0. The Morgan fingerprint density at radius 1 is 0.903 bits per heavy atom. The molecule has 2 aromatic rings. The number of esters is 1. The molecule has 0 atom stereocenters. The highest BCUT2D eigenvalue weighted by Crippen LogP contribution is 2.12. The number of amides is 2. The van der Waals surface area contributed by atoms with Crippen molar-refractivity contribution in [3.05, 3.63) is 66.6 Å². The van der Waals surface area contributed by atoms with Crippen LogP contribution in [0.4, 0.5) is 10.5 Å². The van der Waals surface area contributed by atoms with Crippen molar-refractivity contribution < 1.29 is 32.2 Å². The van der Waals surface area contributed by atoms with Crippen LogP contribution in [0.25, 0.3) is 0 Å². The van der Waals surface area contributed by atoms with Gasteiger partial charge in [0.2, 0.25) is 0 Å². The van der Waals surface area contributed by atoms with Gasteiger partial charge in [0.25, 0.3) is 10.0 Å². The summed E-state index contributed by atoms with van der Waals surface area (Å²) in [6, 6.07) is 11.0. The topological polar surface area (TPSA) is 120 Å². The SMILES string of the molecule is [CH2]COCCOCCOC(=O)c1ccc(NC(=O)NS(=O)(=O)c2ccc(C)cc2)cc1. The van der Waals surface area contributed by atoms with Crippen LogP contribution in [0, 0.1) is 13.8 Å². The van der Waals surface area contributed by atoms with E-state index in [-0.39, 0.29) is 23.7 Å². The molecule has 2 N–H and O–H groups in total. The Labute approximate surface area is 181 Å². The summed E-state index contributed by atoms with van der Waals surface area (Å²) >= 11 is 0. The number of rotatable bonds is 11. The fourth-order valence-corrected chi connectivity index (χ4v) is 3.25. The van der Waals surface area contributed by atoms with Gasteiger partial charge >= 0.3 is 12.0 Å². The first-order chi connectivity index (χ1) is 14.8. The molecule has 0 fully saturated rings. The van der Waals surface area contributed by atoms with Crippen LogP contribution < -0.4 is 10.0 Å². The van der Waals surface area contributed by atoms with Crippen molar-refractivity contribution in [1.82, 2.24) is 4.72 Å². The molecule has 2 amide bonds. The third-order valence-corrected chi connectivity index (χ3v) is 5.26. The van der Waals surface area contributed by atoms with Gasteiger partial charge in [-0.25, -0.2) is 22.7 Å². The fourth-order valence-electron chi connectivity index (χ4n) is 2.34. The van der Waals surface area contributed by atoms with E-state index in [9.17, 15) is 18.0 Å². The summed E-state index contributed by atoms with van der Waals surface area (Å²) < 4.78 is 41.7. The van der Waals surface area contributed by atoms with E-state index >= 15 is 0 Å². The van der Waals surface area contributed by atoms with Gasteiger partial charge in [-0.1, -0.05) is 17.7 Å². The molecule has 167 valence electrons. The second-order valence-corrected chi connectivity index (χ2v) is 7.99. The minimum absolute atomic E-state index is 0.0229. The smallest absolute Gasteiger partial charge is 0.338 e. The van der Waals surface area contributed by atoms with Gasteiger partial charge in [-0.05, 0) is 50.2 Å². The van der Waals surface area contributed by atoms with Crippen molar-refractivity contribution in [2.75, 3.05) is 38.4 Å². The fraction of sp³-hybridized carbons (Fsp3) is 0.286. The number of carbonyl (C=O) groups excluding carboxylic acids is 2. The molecular formula is C21H25N2O7S. The second-order valence-electron chi connectivity index (χ2n) is 6.31. The van der Waals surface area contributed by atoms with Crippen LogP contribution in [0.1, 0.15) is 15.9 Å².